The van der Waals surface area contributed by atoms with Crippen LogP contribution in [0.2, 0.25) is 0 Å². The molecule has 0 aliphatic rings. The molecule has 0 aliphatic heterocycles. The van der Waals surface area contributed by atoms with Gasteiger partial charge < -0.3 is 19.3 Å². The molecule has 0 fully saturated rings. The van der Waals surface area contributed by atoms with Crippen LogP contribution in [-0.4, -0.2) is 50.1 Å². The van der Waals surface area contributed by atoms with E-state index >= 15 is 0 Å². The second kappa shape index (κ2) is 14.3. The second-order valence-corrected chi connectivity index (χ2v) is 4.51. The largest absolute Gasteiger partial charge is 0.481 e. The van der Waals surface area contributed by atoms with Crippen LogP contribution in [0, 0.1) is 0 Å². The molecule has 1 N–H and O–H groups in total. The molecule has 0 bridgehead atoms. The molecule has 0 radical (unpaired) electrons. The number of rotatable bonds is 9. The molecule has 6 heteroatoms. The Hall–Kier alpha value is -1.14. The highest BCUT2D eigenvalue weighted by Crippen LogP contribution is 2.02. The number of carbonyl (C=O) groups is 2. The normalized spacial score (nSPS) is 12.8. The van der Waals surface area contributed by atoms with E-state index in [0.717, 1.165) is 12.8 Å². The summed E-state index contributed by atoms with van der Waals surface area (Å²) in [4.78, 5) is 20.3. The maximum absolute atomic E-state index is 10.3. The first-order chi connectivity index (χ1) is 9.33. The van der Waals surface area contributed by atoms with Gasteiger partial charge in [-0.05, 0) is 26.7 Å². The van der Waals surface area contributed by atoms with E-state index in [2.05, 4.69) is 0 Å². The lowest BCUT2D eigenvalue weighted by Gasteiger charge is -2.07. The van der Waals surface area contributed by atoms with Crippen molar-refractivity contribution < 1.29 is 28.9 Å². The minimum absolute atomic E-state index is 0.166. The van der Waals surface area contributed by atoms with Gasteiger partial charge in [-0.1, -0.05) is 0 Å². The Morgan fingerprint density at radius 2 is 1.55 bits per heavy atom. The Kier molecular flexibility index (Phi) is 15.1. The first-order valence-electron chi connectivity index (χ1n) is 6.74. The summed E-state index contributed by atoms with van der Waals surface area (Å²) in [6.07, 6.45) is 2.87. The highest BCUT2D eigenvalue weighted by atomic mass is 16.5. The maximum atomic E-state index is 10.3. The molecule has 2 atom stereocenters. The lowest BCUT2D eigenvalue weighted by atomic mass is 10.2. The van der Waals surface area contributed by atoms with Crippen molar-refractivity contribution in [1.29, 1.82) is 0 Å². The summed E-state index contributed by atoms with van der Waals surface area (Å²) in [6, 6.07) is 0. The summed E-state index contributed by atoms with van der Waals surface area (Å²) in [5, 5.41) is 8.26. The van der Waals surface area contributed by atoms with Gasteiger partial charge in [0.1, 0.15) is 0 Å². The van der Waals surface area contributed by atoms with Crippen LogP contribution in [0.1, 0.15) is 46.5 Å². The number of methoxy groups -OCH3 is 2. The van der Waals surface area contributed by atoms with Crippen LogP contribution >= 0.6 is 0 Å². The first kappa shape index (κ1) is 21.2. The van der Waals surface area contributed by atoms with Crippen molar-refractivity contribution in [2.75, 3.05) is 20.8 Å². The van der Waals surface area contributed by atoms with E-state index in [1.165, 1.54) is 6.92 Å². The zero-order chi connectivity index (χ0) is 16.0. The van der Waals surface area contributed by atoms with Crippen molar-refractivity contribution in [1.82, 2.24) is 0 Å². The van der Waals surface area contributed by atoms with Gasteiger partial charge in [0.15, 0.2) is 0 Å². The molecular formula is C14H28O6. The fourth-order valence-electron chi connectivity index (χ4n) is 1.15. The molecule has 0 heterocycles. The molecule has 2 unspecified atom stereocenters. The van der Waals surface area contributed by atoms with E-state index in [1.54, 1.807) is 14.2 Å². The molecule has 0 aromatic carbocycles. The van der Waals surface area contributed by atoms with Crippen LogP contribution in [0.3, 0.4) is 0 Å². The van der Waals surface area contributed by atoms with Crippen molar-refractivity contribution >= 4 is 11.9 Å². The Morgan fingerprint density at radius 1 is 1.05 bits per heavy atom. The van der Waals surface area contributed by atoms with Gasteiger partial charge in [-0.15, -0.1) is 0 Å². The van der Waals surface area contributed by atoms with Gasteiger partial charge in [0.25, 0.3) is 0 Å². The summed E-state index contributed by atoms with van der Waals surface area (Å²) >= 11 is 0. The Balaban J connectivity index is 0. The SMILES string of the molecule is COC(C)CCCC(=O)O.COC(C)CCOC(C)=O. The van der Waals surface area contributed by atoms with E-state index in [0.29, 0.717) is 13.0 Å². The molecule has 0 aliphatic carbocycles. The van der Waals surface area contributed by atoms with Crippen LogP contribution in [0.4, 0.5) is 0 Å². The average Bonchev–Trinajstić information content (AvgIpc) is 2.38. The quantitative estimate of drug-likeness (QED) is 0.656. The van der Waals surface area contributed by atoms with Crippen molar-refractivity contribution in [3.63, 3.8) is 0 Å². The molecule has 120 valence electrons. The number of esters is 1. The van der Waals surface area contributed by atoms with E-state index in [4.69, 9.17) is 19.3 Å². The second-order valence-electron chi connectivity index (χ2n) is 4.51. The Bertz CT molecular complexity index is 228. The lowest BCUT2D eigenvalue weighted by molar-refractivity contribution is -0.141. The fourth-order valence-corrected chi connectivity index (χ4v) is 1.15. The molecule has 0 saturated heterocycles. The number of carboxylic acids is 1. The third-order valence-electron chi connectivity index (χ3n) is 2.64. The number of ether oxygens (including phenoxy) is 3. The fraction of sp³-hybridized carbons (Fsp3) is 0.857. The van der Waals surface area contributed by atoms with Gasteiger partial charge in [-0.3, -0.25) is 9.59 Å². The van der Waals surface area contributed by atoms with Crippen LogP contribution in [-0.2, 0) is 23.8 Å². The van der Waals surface area contributed by atoms with Gasteiger partial charge in [0.05, 0.1) is 18.8 Å². The Labute approximate surface area is 121 Å². The topological polar surface area (TPSA) is 82.1 Å². The van der Waals surface area contributed by atoms with Crippen LogP contribution in [0.15, 0.2) is 0 Å². The van der Waals surface area contributed by atoms with E-state index in [1.807, 2.05) is 13.8 Å². The van der Waals surface area contributed by atoms with Crippen LogP contribution in [0.25, 0.3) is 0 Å². The van der Waals surface area contributed by atoms with E-state index in [9.17, 15) is 9.59 Å². The zero-order valence-corrected chi connectivity index (χ0v) is 13.2. The van der Waals surface area contributed by atoms with Crippen LogP contribution < -0.4 is 0 Å². The highest BCUT2D eigenvalue weighted by Gasteiger charge is 2.01. The standard InChI is InChI=1S/2C7H14O3/c1-6(9-3)4-5-10-7(2)8;1-6(10-2)4-3-5-7(8)9/h6H,4-5H2,1-3H3;6H,3-5H2,1-2H3,(H,8,9). The minimum atomic E-state index is -0.733. The van der Waals surface area contributed by atoms with Crippen molar-refractivity contribution in [3.05, 3.63) is 0 Å². The maximum Gasteiger partial charge on any atom is 0.303 e. The van der Waals surface area contributed by atoms with Gasteiger partial charge in [-0.2, -0.15) is 0 Å². The molecular weight excluding hydrogens is 264 g/mol. The summed E-state index contributed by atoms with van der Waals surface area (Å²) in [5.74, 6) is -0.966. The molecule has 0 rings (SSSR count). The van der Waals surface area contributed by atoms with Crippen molar-refractivity contribution in [3.8, 4) is 0 Å². The number of aliphatic carboxylic acids is 1. The molecule has 0 aromatic heterocycles. The van der Waals surface area contributed by atoms with Crippen molar-refractivity contribution in [2.24, 2.45) is 0 Å². The van der Waals surface area contributed by atoms with Crippen LogP contribution in [0.5, 0.6) is 0 Å². The van der Waals surface area contributed by atoms with Gasteiger partial charge in [0.2, 0.25) is 0 Å². The third-order valence-corrected chi connectivity index (χ3v) is 2.64. The molecule has 0 amide bonds. The molecule has 0 saturated carbocycles. The average molecular weight is 292 g/mol. The van der Waals surface area contributed by atoms with Gasteiger partial charge in [0, 0.05) is 34.0 Å². The van der Waals surface area contributed by atoms with E-state index < -0.39 is 5.97 Å². The third kappa shape index (κ3) is 19.2. The lowest BCUT2D eigenvalue weighted by Crippen LogP contribution is -2.10. The summed E-state index contributed by atoms with van der Waals surface area (Å²) in [5.41, 5.74) is 0. The number of carboxylic acid groups (broad SMARTS) is 1. The summed E-state index contributed by atoms with van der Waals surface area (Å²) < 4.78 is 14.6. The number of hydrogen-bond donors (Lipinski definition) is 1. The van der Waals surface area contributed by atoms with Crippen molar-refractivity contribution in [2.45, 2.75) is 58.7 Å². The molecule has 6 nitrogen and oxygen atoms in total. The summed E-state index contributed by atoms with van der Waals surface area (Å²) in [6.45, 7) is 5.72. The van der Waals surface area contributed by atoms with Gasteiger partial charge >= 0.3 is 11.9 Å². The molecule has 0 spiro atoms. The van der Waals surface area contributed by atoms with E-state index in [-0.39, 0.29) is 24.6 Å². The zero-order valence-electron chi connectivity index (χ0n) is 13.2. The smallest absolute Gasteiger partial charge is 0.303 e. The number of carbonyl (C=O) groups excluding carboxylic acids is 1. The summed E-state index contributed by atoms with van der Waals surface area (Å²) in [7, 11) is 3.27. The molecule has 0 aromatic rings. The van der Waals surface area contributed by atoms with Gasteiger partial charge in [-0.25, -0.2) is 0 Å². The predicted molar refractivity (Wildman–Crippen MR) is 75.7 cm³/mol. The Morgan fingerprint density at radius 3 is 1.95 bits per heavy atom. The highest BCUT2D eigenvalue weighted by molar-refractivity contribution is 5.66. The minimum Gasteiger partial charge on any atom is -0.481 e. The predicted octanol–water partition coefficient (Wildman–Crippen LogP) is 2.25. The monoisotopic (exact) mass is 292 g/mol. The molecule has 20 heavy (non-hydrogen) atoms. The first-order valence-corrected chi connectivity index (χ1v) is 6.74. The number of hydrogen-bond acceptors (Lipinski definition) is 5.